The lowest BCUT2D eigenvalue weighted by molar-refractivity contribution is 0.661. The smallest absolute Gasteiger partial charge is 0.0813 e. The fraction of sp³-hybridized carbons (Fsp3) is 0.0938. The zero-order valence-corrected chi connectivity index (χ0v) is 20.4. The standard InChI is InChI=1S/C32H22N2S/c1-32(2)24-12-14-28-31(30(24)23-15-19-7-3-4-8-20(19)16-25(23)32)22-9-5-6-10-27(22)34(28)21-11-13-26-29(17-21)35-18-33-26/h3-18H,1-2H3. The van der Waals surface area contributed by atoms with Gasteiger partial charge in [-0.1, -0.05) is 62.4 Å². The molecule has 5 aromatic carbocycles. The van der Waals surface area contributed by atoms with Crippen molar-refractivity contribution in [2.75, 3.05) is 0 Å². The van der Waals surface area contributed by atoms with Gasteiger partial charge in [0.15, 0.2) is 0 Å². The summed E-state index contributed by atoms with van der Waals surface area (Å²) in [7, 11) is 0. The molecular formula is C32H22N2S. The summed E-state index contributed by atoms with van der Waals surface area (Å²) in [5.41, 5.74) is 12.2. The van der Waals surface area contributed by atoms with Crippen LogP contribution in [-0.2, 0) is 5.41 Å². The maximum atomic E-state index is 4.49. The SMILES string of the molecule is CC1(C)c2cc3ccccc3cc2-c2c1ccc1c2c2ccccc2n1-c1ccc2ncsc2c1. The van der Waals surface area contributed by atoms with Gasteiger partial charge in [-0.3, -0.25) is 0 Å². The molecule has 0 aliphatic heterocycles. The Morgan fingerprint density at radius 2 is 1.54 bits per heavy atom. The van der Waals surface area contributed by atoms with Crippen molar-refractivity contribution in [2.24, 2.45) is 0 Å². The summed E-state index contributed by atoms with van der Waals surface area (Å²) >= 11 is 1.70. The number of nitrogens with zero attached hydrogens (tertiary/aromatic N) is 2. The van der Waals surface area contributed by atoms with Crippen LogP contribution in [0.1, 0.15) is 25.0 Å². The highest BCUT2D eigenvalue weighted by Gasteiger charge is 2.37. The molecule has 8 rings (SSSR count). The van der Waals surface area contributed by atoms with Crippen LogP contribution in [0.3, 0.4) is 0 Å². The third kappa shape index (κ3) is 2.46. The molecule has 7 aromatic rings. The van der Waals surface area contributed by atoms with Crippen molar-refractivity contribution in [3.63, 3.8) is 0 Å². The third-order valence-corrected chi connectivity index (χ3v) is 8.71. The third-order valence-electron chi connectivity index (χ3n) is 7.91. The van der Waals surface area contributed by atoms with E-state index in [1.165, 1.54) is 65.2 Å². The largest absolute Gasteiger partial charge is 0.309 e. The minimum absolute atomic E-state index is 0.0480. The molecule has 0 bridgehead atoms. The van der Waals surface area contributed by atoms with E-state index in [4.69, 9.17) is 0 Å². The first kappa shape index (κ1) is 19.4. The Hall–Kier alpha value is -3.95. The second kappa shape index (κ2) is 6.59. The first-order valence-corrected chi connectivity index (χ1v) is 12.9. The van der Waals surface area contributed by atoms with Crippen LogP contribution in [0.2, 0.25) is 0 Å². The molecule has 0 saturated heterocycles. The molecule has 1 aliphatic rings. The van der Waals surface area contributed by atoms with Crippen molar-refractivity contribution in [1.29, 1.82) is 0 Å². The number of benzene rings is 5. The Labute approximate surface area is 207 Å². The van der Waals surface area contributed by atoms with Gasteiger partial charge in [-0.25, -0.2) is 4.98 Å². The van der Waals surface area contributed by atoms with Crippen LogP contribution >= 0.6 is 11.3 Å². The normalized spacial score (nSPS) is 14.2. The van der Waals surface area contributed by atoms with Gasteiger partial charge < -0.3 is 4.57 Å². The lowest BCUT2D eigenvalue weighted by atomic mass is 9.81. The van der Waals surface area contributed by atoms with E-state index in [-0.39, 0.29) is 5.41 Å². The molecule has 0 saturated carbocycles. The van der Waals surface area contributed by atoms with Gasteiger partial charge >= 0.3 is 0 Å². The molecule has 0 atom stereocenters. The quantitative estimate of drug-likeness (QED) is 0.236. The topological polar surface area (TPSA) is 17.8 Å². The van der Waals surface area contributed by atoms with Gasteiger partial charge in [0.05, 0.1) is 26.8 Å². The second-order valence-corrected chi connectivity index (χ2v) is 11.0. The Morgan fingerprint density at radius 3 is 2.43 bits per heavy atom. The summed E-state index contributed by atoms with van der Waals surface area (Å²) in [4.78, 5) is 4.49. The van der Waals surface area contributed by atoms with Gasteiger partial charge in [-0.2, -0.15) is 0 Å². The Bertz CT molecular complexity index is 1990. The van der Waals surface area contributed by atoms with Crippen molar-refractivity contribution in [3.8, 4) is 16.8 Å². The van der Waals surface area contributed by atoms with Crippen LogP contribution in [0.25, 0.3) is 59.6 Å². The minimum Gasteiger partial charge on any atom is -0.309 e. The minimum atomic E-state index is -0.0480. The fourth-order valence-corrected chi connectivity index (χ4v) is 6.94. The van der Waals surface area contributed by atoms with Crippen molar-refractivity contribution >= 4 is 54.1 Å². The van der Waals surface area contributed by atoms with Crippen LogP contribution in [0.4, 0.5) is 0 Å². The van der Waals surface area contributed by atoms with Crippen LogP contribution in [0.5, 0.6) is 0 Å². The second-order valence-electron chi connectivity index (χ2n) is 10.1. The van der Waals surface area contributed by atoms with E-state index in [0.29, 0.717) is 0 Å². The van der Waals surface area contributed by atoms with E-state index in [1.54, 1.807) is 11.3 Å². The number of thiazole rings is 1. The predicted octanol–water partition coefficient (Wildman–Crippen LogP) is 8.85. The number of hydrogen-bond donors (Lipinski definition) is 0. The number of hydrogen-bond acceptors (Lipinski definition) is 2. The maximum absolute atomic E-state index is 4.49. The van der Waals surface area contributed by atoms with E-state index in [0.717, 1.165) is 5.52 Å². The highest BCUT2D eigenvalue weighted by Crippen LogP contribution is 2.54. The molecule has 166 valence electrons. The molecular weight excluding hydrogens is 444 g/mol. The number of para-hydroxylation sites is 1. The predicted molar refractivity (Wildman–Crippen MR) is 149 cm³/mol. The van der Waals surface area contributed by atoms with Crippen LogP contribution < -0.4 is 0 Å². The molecule has 0 amide bonds. The molecule has 0 spiro atoms. The Morgan fingerprint density at radius 1 is 0.743 bits per heavy atom. The molecule has 2 nitrogen and oxygen atoms in total. The monoisotopic (exact) mass is 466 g/mol. The van der Waals surface area contributed by atoms with E-state index >= 15 is 0 Å². The summed E-state index contributed by atoms with van der Waals surface area (Å²) in [5.74, 6) is 0. The molecule has 0 fully saturated rings. The lowest BCUT2D eigenvalue weighted by Crippen LogP contribution is -2.14. The molecule has 0 radical (unpaired) electrons. The van der Waals surface area contributed by atoms with Crippen molar-refractivity contribution in [1.82, 2.24) is 9.55 Å². The number of fused-ring (bicyclic) bond motifs is 9. The van der Waals surface area contributed by atoms with Crippen molar-refractivity contribution < 1.29 is 0 Å². The Kier molecular flexibility index (Phi) is 3.64. The van der Waals surface area contributed by atoms with Gasteiger partial charge in [-0.05, 0) is 75.5 Å². The maximum Gasteiger partial charge on any atom is 0.0813 e. The first-order chi connectivity index (χ1) is 17.1. The van der Waals surface area contributed by atoms with E-state index < -0.39 is 0 Å². The summed E-state index contributed by atoms with van der Waals surface area (Å²) < 4.78 is 3.64. The average molecular weight is 467 g/mol. The van der Waals surface area contributed by atoms with Crippen molar-refractivity contribution in [2.45, 2.75) is 19.3 Å². The molecule has 35 heavy (non-hydrogen) atoms. The summed E-state index contributed by atoms with van der Waals surface area (Å²) in [6.45, 7) is 4.74. The van der Waals surface area contributed by atoms with E-state index in [9.17, 15) is 0 Å². The average Bonchev–Trinajstić information content (AvgIpc) is 3.54. The van der Waals surface area contributed by atoms with E-state index in [2.05, 4.69) is 114 Å². The molecule has 0 unspecified atom stereocenters. The van der Waals surface area contributed by atoms with Gasteiger partial charge in [0.1, 0.15) is 0 Å². The zero-order chi connectivity index (χ0) is 23.3. The number of rotatable bonds is 1. The van der Waals surface area contributed by atoms with Gasteiger partial charge in [0.25, 0.3) is 0 Å². The highest BCUT2D eigenvalue weighted by molar-refractivity contribution is 7.16. The summed E-state index contributed by atoms with van der Waals surface area (Å²) in [6, 6.07) is 33.7. The van der Waals surface area contributed by atoms with Crippen molar-refractivity contribution in [3.05, 3.63) is 108 Å². The fourth-order valence-electron chi connectivity index (χ4n) is 6.23. The zero-order valence-electron chi connectivity index (χ0n) is 19.5. The highest BCUT2D eigenvalue weighted by atomic mass is 32.1. The summed E-state index contributed by atoms with van der Waals surface area (Å²) in [5, 5.41) is 5.26. The first-order valence-electron chi connectivity index (χ1n) is 12.1. The van der Waals surface area contributed by atoms with Gasteiger partial charge in [-0.15, -0.1) is 11.3 Å². The van der Waals surface area contributed by atoms with Crippen LogP contribution in [-0.4, -0.2) is 9.55 Å². The van der Waals surface area contributed by atoms with Crippen LogP contribution in [0, 0.1) is 0 Å². The van der Waals surface area contributed by atoms with Gasteiger partial charge in [0, 0.05) is 21.9 Å². The molecule has 2 aromatic heterocycles. The van der Waals surface area contributed by atoms with Gasteiger partial charge in [0.2, 0.25) is 0 Å². The molecule has 3 heteroatoms. The van der Waals surface area contributed by atoms with Crippen LogP contribution in [0.15, 0.2) is 96.5 Å². The Balaban J connectivity index is 1.54. The summed E-state index contributed by atoms with van der Waals surface area (Å²) in [6.07, 6.45) is 0. The lowest BCUT2D eigenvalue weighted by Gasteiger charge is -2.22. The number of aromatic nitrogens is 2. The molecule has 2 heterocycles. The van der Waals surface area contributed by atoms with E-state index in [1.807, 2.05) is 5.51 Å². The molecule has 1 aliphatic carbocycles. The molecule has 0 N–H and O–H groups in total.